The Kier molecular flexibility index (Phi) is 5.78. The van der Waals surface area contributed by atoms with Gasteiger partial charge in [-0.25, -0.2) is 0 Å². The van der Waals surface area contributed by atoms with E-state index in [0.29, 0.717) is 6.61 Å². The molecule has 0 amide bonds. The van der Waals surface area contributed by atoms with Gasteiger partial charge in [-0.2, -0.15) is 0 Å². The van der Waals surface area contributed by atoms with Crippen molar-refractivity contribution in [3.8, 4) is 0 Å². The number of aliphatic hydroxyl groups is 2. The SMILES string of the molecule is Cc1ccc([C@@H]2O[C@H]([C@H](O)CO)[C@@H]3O[C@@H](c4ccc(C)cc4)OC[C@@H]3O2)cc1. The van der Waals surface area contributed by atoms with Crippen LogP contribution in [0.1, 0.15) is 34.8 Å². The molecule has 0 unspecified atom stereocenters. The van der Waals surface area contributed by atoms with E-state index in [9.17, 15) is 10.2 Å². The number of hydrogen-bond acceptors (Lipinski definition) is 6. The minimum atomic E-state index is -1.08. The van der Waals surface area contributed by atoms with Gasteiger partial charge in [0.15, 0.2) is 12.6 Å². The monoisotopic (exact) mass is 386 g/mol. The Morgan fingerprint density at radius 3 is 2.00 bits per heavy atom. The molecular weight excluding hydrogens is 360 g/mol. The fourth-order valence-corrected chi connectivity index (χ4v) is 3.56. The number of fused-ring (bicyclic) bond motifs is 1. The number of rotatable bonds is 4. The van der Waals surface area contributed by atoms with Crippen LogP contribution in [0.15, 0.2) is 48.5 Å². The Morgan fingerprint density at radius 1 is 0.857 bits per heavy atom. The largest absolute Gasteiger partial charge is 0.394 e. The van der Waals surface area contributed by atoms with Crippen molar-refractivity contribution in [2.75, 3.05) is 13.2 Å². The van der Waals surface area contributed by atoms with Crippen molar-refractivity contribution in [2.45, 2.75) is 50.8 Å². The van der Waals surface area contributed by atoms with E-state index in [0.717, 1.165) is 22.3 Å². The van der Waals surface area contributed by atoms with E-state index in [2.05, 4.69) is 0 Å². The van der Waals surface area contributed by atoms with Gasteiger partial charge in [-0.15, -0.1) is 0 Å². The maximum absolute atomic E-state index is 10.4. The predicted molar refractivity (Wildman–Crippen MR) is 102 cm³/mol. The van der Waals surface area contributed by atoms with Gasteiger partial charge in [0.25, 0.3) is 0 Å². The highest BCUT2D eigenvalue weighted by Crippen LogP contribution is 2.38. The molecule has 2 saturated heterocycles. The molecule has 150 valence electrons. The quantitative estimate of drug-likeness (QED) is 0.841. The van der Waals surface area contributed by atoms with Crippen LogP contribution < -0.4 is 0 Å². The molecule has 2 aromatic carbocycles. The standard InChI is InChI=1S/C22H26O6/c1-13-3-7-15(8-4-13)21-25-12-18-20(28-21)19(17(24)11-23)27-22(26-18)16-9-5-14(2)6-10-16/h3-10,17-24H,11-12H2,1-2H3/t17-,18+,19-,20-,21+,22+/m1/s1. The van der Waals surface area contributed by atoms with Gasteiger partial charge >= 0.3 is 0 Å². The molecule has 2 N–H and O–H groups in total. The zero-order valence-corrected chi connectivity index (χ0v) is 16.0. The predicted octanol–water partition coefficient (Wildman–Crippen LogP) is 2.55. The zero-order chi connectivity index (χ0) is 19.7. The molecule has 0 aliphatic carbocycles. The van der Waals surface area contributed by atoms with Crippen molar-refractivity contribution < 1.29 is 29.2 Å². The lowest BCUT2D eigenvalue weighted by Gasteiger charge is -2.47. The summed E-state index contributed by atoms with van der Waals surface area (Å²) < 4.78 is 24.1. The number of aryl methyl sites for hydroxylation is 2. The lowest BCUT2D eigenvalue weighted by atomic mass is 9.99. The molecule has 0 saturated carbocycles. The highest BCUT2D eigenvalue weighted by Gasteiger charge is 2.48. The van der Waals surface area contributed by atoms with Gasteiger partial charge in [0.1, 0.15) is 24.4 Å². The van der Waals surface area contributed by atoms with Crippen LogP contribution >= 0.6 is 0 Å². The van der Waals surface area contributed by atoms with E-state index >= 15 is 0 Å². The summed E-state index contributed by atoms with van der Waals surface area (Å²) >= 11 is 0. The molecule has 0 radical (unpaired) electrons. The van der Waals surface area contributed by atoms with Crippen LogP contribution in [0.2, 0.25) is 0 Å². The summed E-state index contributed by atoms with van der Waals surface area (Å²) in [7, 11) is 0. The van der Waals surface area contributed by atoms with Crippen LogP contribution in [0.5, 0.6) is 0 Å². The maximum atomic E-state index is 10.4. The van der Waals surface area contributed by atoms with E-state index < -0.39 is 43.6 Å². The summed E-state index contributed by atoms with van der Waals surface area (Å²) in [6.45, 7) is 3.91. The van der Waals surface area contributed by atoms with Crippen LogP contribution in [0.4, 0.5) is 0 Å². The van der Waals surface area contributed by atoms with Crippen molar-refractivity contribution in [3.63, 3.8) is 0 Å². The molecule has 2 aliphatic rings. The molecule has 2 heterocycles. The lowest BCUT2D eigenvalue weighted by Crippen LogP contribution is -2.58. The van der Waals surface area contributed by atoms with Crippen molar-refractivity contribution in [2.24, 2.45) is 0 Å². The molecule has 2 aliphatic heterocycles. The normalized spacial score (nSPS) is 31.2. The topological polar surface area (TPSA) is 77.4 Å². The molecule has 0 aromatic heterocycles. The van der Waals surface area contributed by atoms with Crippen molar-refractivity contribution >= 4 is 0 Å². The highest BCUT2D eigenvalue weighted by atomic mass is 16.8. The Balaban J connectivity index is 1.55. The first kappa shape index (κ1) is 19.5. The van der Waals surface area contributed by atoms with Crippen LogP contribution in [-0.4, -0.2) is 47.8 Å². The minimum absolute atomic E-state index is 0.309. The van der Waals surface area contributed by atoms with E-state index in [1.54, 1.807) is 0 Å². The van der Waals surface area contributed by atoms with Crippen LogP contribution in [0.25, 0.3) is 0 Å². The van der Waals surface area contributed by atoms with Gasteiger partial charge in [0.05, 0.1) is 13.2 Å². The minimum Gasteiger partial charge on any atom is -0.394 e. The van der Waals surface area contributed by atoms with Gasteiger partial charge in [0.2, 0.25) is 0 Å². The molecule has 6 heteroatoms. The second-order valence-corrected chi connectivity index (χ2v) is 7.44. The number of ether oxygens (including phenoxy) is 4. The van der Waals surface area contributed by atoms with Gasteiger partial charge in [-0.1, -0.05) is 59.7 Å². The second-order valence-electron chi connectivity index (χ2n) is 7.44. The third kappa shape index (κ3) is 3.98. The van der Waals surface area contributed by atoms with Gasteiger partial charge < -0.3 is 29.2 Å². The molecule has 6 nitrogen and oxygen atoms in total. The average molecular weight is 386 g/mol. The van der Waals surface area contributed by atoms with Crippen LogP contribution in [-0.2, 0) is 18.9 Å². The Hall–Kier alpha value is -1.80. The molecule has 28 heavy (non-hydrogen) atoms. The Morgan fingerprint density at radius 2 is 1.43 bits per heavy atom. The van der Waals surface area contributed by atoms with E-state index in [-0.39, 0.29) is 0 Å². The third-order valence-electron chi connectivity index (χ3n) is 5.23. The lowest BCUT2D eigenvalue weighted by molar-refractivity contribution is -0.373. The Bertz CT molecular complexity index is 773. The molecular formula is C22H26O6. The first-order valence-electron chi connectivity index (χ1n) is 9.55. The molecule has 6 atom stereocenters. The highest BCUT2D eigenvalue weighted by molar-refractivity contribution is 5.24. The smallest absolute Gasteiger partial charge is 0.184 e. The van der Waals surface area contributed by atoms with Crippen molar-refractivity contribution in [1.82, 2.24) is 0 Å². The first-order chi connectivity index (χ1) is 13.5. The zero-order valence-electron chi connectivity index (χ0n) is 16.0. The molecule has 0 spiro atoms. The number of hydrogen-bond donors (Lipinski definition) is 2. The summed E-state index contributed by atoms with van der Waals surface area (Å²) in [5.41, 5.74) is 4.02. The fourth-order valence-electron chi connectivity index (χ4n) is 3.56. The second kappa shape index (κ2) is 8.29. The van der Waals surface area contributed by atoms with Crippen molar-refractivity contribution in [3.05, 3.63) is 70.8 Å². The van der Waals surface area contributed by atoms with Crippen LogP contribution in [0.3, 0.4) is 0 Å². The maximum Gasteiger partial charge on any atom is 0.184 e. The van der Waals surface area contributed by atoms with E-state index in [4.69, 9.17) is 18.9 Å². The molecule has 2 fully saturated rings. The Labute approximate surface area is 164 Å². The van der Waals surface area contributed by atoms with E-state index in [1.807, 2.05) is 62.4 Å². The van der Waals surface area contributed by atoms with Gasteiger partial charge in [-0.3, -0.25) is 0 Å². The van der Waals surface area contributed by atoms with Crippen molar-refractivity contribution in [1.29, 1.82) is 0 Å². The van der Waals surface area contributed by atoms with Gasteiger partial charge in [-0.05, 0) is 13.8 Å². The summed E-state index contributed by atoms with van der Waals surface area (Å²) in [5.74, 6) is 0. The molecule has 4 rings (SSSR count). The molecule has 2 aromatic rings. The van der Waals surface area contributed by atoms with Crippen LogP contribution in [0, 0.1) is 13.8 Å². The number of benzene rings is 2. The first-order valence-corrected chi connectivity index (χ1v) is 9.55. The summed E-state index contributed by atoms with van der Waals surface area (Å²) in [5, 5.41) is 19.9. The third-order valence-corrected chi connectivity index (χ3v) is 5.23. The molecule has 0 bridgehead atoms. The summed E-state index contributed by atoms with van der Waals surface area (Å²) in [6.07, 6.45) is -4.00. The average Bonchev–Trinajstić information content (AvgIpc) is 2.73. The van der Waals surface area contributed by atoms with Gasteiger partial charge in [0, 0.05) is 11.1 Å². The fraction of sp³-hybridized carbons (Fsp3) is 0.455. The van der Waals surface area contributed by atoms with E-state index in [1.165, 1.54) is 0 Å². The number of aliphatic hydroxyl groups excluding tert-OH is 2. The summed E-state index contributed by atoms with van der Waals surface area (Å²) in [4.78, 5) is 0. The summed E-state index contributed by atoms with van der Waals surface area (Å²) in [6, 6.07) is 15.7.